The van der Waals surface area contributed by atoms with Gasteiger partial charge in [-0.2, -0.15) is 5.10 Å². The fraction of sp³-hybridized carbons (Fsp3) is 0.312. The van der Waals surface area contributed by atoms with Crippen LogP contribution in [0.25, 0.3) is 0 Å². The van der Waals surface area contributed by atoms with Crippen LogP contribution in [0.15, 0.2) is 42.7 Å². The maximum Gasteiger partial charge on any atom is 0.258 e. The van der Waals surface area contributed by atoms with Crippen LogP contribution in [0.5, 0.6) is 5.75 Å². The molecule has 1 aromatic carbocycles. The van der Waals surface area contributed by atoms with Gasteiger partial charge in [0.15, 0.2) is 12.4 Å². The smallest absolute Gasteiger partial charge is 0.258 e. The number of ether oxygens (including phenoxy) is 1. The van der Waals surface area contributed by atoms with Crippen LogP contribution in [0, 0.1) is 0 Å². The molecule has 0 fully saturated rings. The standard InChI is InChI=1S/C16H19N3O3/c1-12(10-19-8-4-7-17-19)18-16(21)11-22-15-6-3-5-14(9-15)13(2)20/h3-9,12H,10-11H2,1-2H3,(H,18,21)/t12-/m0/s1. The lowest BCUT2D eigenvalue weighted by molar-refractivity contribution is -0.123. The van der Waals surface area contributed by atoms with Crippen molar-refractivity contribution in [2.75, 3.05) is 6.61 Å². The number of Topliss-reactive ketones (excluding diaryl/α,β-unsaturated/α-hetero) is 1. The van der Waals surface area contributed by atoms with Crippen molar-refractivity contribution >= 4 is 11.7 Å². The lowest BCUT2D eigenvalue weighted by atomic mass is 10.1. The van der Waals surface area contributed by atoms with Crippen molar-refractivity contribution in [1.29, 1.82) is 0 Å². The van der Waals surface area contributed by atoms with Gasteiger partial charge in [-0.25, -0.2) is 0 Å². The summed E-state index contributed by atoms with van der Waals surface area (Å²) in [4.78, 5) is 23.1. The first-order valence-electron chi connectivity index (χ1n) is 7.05. The van der Waals surface area contributed by atoms with Gasteiger partial charge in [-0.15, -0.1) is 0 Å². The van der Waals surface area contributed by atoms with Crippen LogP contribution in [-0.2, 0) is 11.3 Å². The number of aromatic nitrogens is 2. The van der Waals surface area contributed by atoms with E-state index in [1.54, 1.807) is 35.1 Å². The monoisotopic (exact) mass is 301 g/mol. The van der Waals surface area contributed by atoms with Crippen LogP contribution in [0.2, 0.25) is 0 Å². The van der Waals surface area contributed by atoms with Crippen molar-refractivity contribution in [1.82, 2.24) is 15.1 Å². The van der Waals surface area contributed by atoms with Crippen LogP contribution < -0.4 is 10.1 Å². The Labute approximate surface area is 129 Å². The molecule has 0 radical (unpaired) electrons. The van der Waals surface area contributed by atoms with Crippen LogP contribution in [0.4, 0.5) is 0 Å². The Bertz CT molecular complexity index is 638. The van der Waals surface area contributed by atoms with Gasteiger partial charge in [0.2, 0.25) is 0 Å². The van der Waals surface area contributed by atoms with E-state index in [1.807, 2.05) is 19.2 Å². The van der Waals surface area contributed by atoms with Crippen molar-refractivity contribution in [2.24, 2.45) is 0 Å². The third-order valence-corrected chi connectivity index (χ3v) is 3.04. The molecule has 6 nitrogen and oxygen atoms in total. The van der Waals surface area contributed by atoms with Crippen molar-refractivity contribution in [2.45, 2.75) is 26.4 Å². The third-order valence-electron chi connectivity index (χ3n) is 3.04. The summed E-state index contributed by atoms with van der Waals surface area (Å²) in [6.07, 6.45) is 3.53. The highest BCUT2D eigenvalue weighted by Gasteiger charge is 2.09. The number of nitrogens with one attached hydrogen (secondary N) is 1. The fourth-order valence-electron chi connectivity index (χ4n) is 2.00. The number of amides is 1. The van der Waals surface area contributed by atoms with E-state index in [-0.39, 0.29) is 24.3 Å². The minimum absolute atomic E-state index is 0.0391. The number of rotatable bonds is 7. The number of ketones is 1. The zero-order chi connectivity index (χ0) is 15.9. The lowest BCUT2D eigenvalue weighted by Gasteiger charge is -2.14. The van der Waals surface area contributed by atoms with E-state index in [0.29, 0.717) is 17.9 Å². The normalized spacial score (nSPS) is 11.7. The molecule has 22 heavy (non-hydrogen) atoms. The third kappa shape index (κ3) is 4.73. The quantitative estimate of drug-likeness (QED) is 0.790. The van der Waals surface area contributed by atoms with E-state index in [0.717, 1.165) is 0 Å². The fourth-order valence-corrected chi connectivity index (χ4v) is 2.00. The van der Waals surface area contributed by atoms with Crippen LogP contribution in [0.3, 0.4) is 0 Å². The largest absolute Gasteiger partial charge is 0.484 e. The first-order valence-corrected chi connectivity index (χ1v) is 7.05. The highest BCUT2D eigenvalue weighted by Crippen LogP contribution is 2.13. The van der Waals surface area contributed by atoms with E-state index in [1.165, 1.54) is 6.92 Å². The summed E-state index contributed by atoms with van der Waals surface area (Å²) in [5.41, 5.74) is 0.560. The van der Waals surface area contributed by atoms with E-state index in [9.17, 15) is 9.59 Å². The molecule has 2 aromatic rings. The van der Waals surface area contributed by atoms with E-state index in [2.05, 4.69) is 10.4 Å². The van der Waals surface area contributed by atoms with Gasteiger partial charge in [-0.05, 0) is 32.0 Å². The van der Waals surface area contributed by atoms with Crippen molar-refractivity contribution in [3.05, 3.63) is 48.3 Å². The Hall–Kier alpha value is -2.63. The van der Waals surface area contributed by atoms with Crippen molar-refractivity contribution in [3.8, 4) is 5.75 Å². The molecule has 0 unspecified atom stereocenters. The number of hydrogen-bond donors (Lipinski definition) is 1. The lowest BCUT2D eigenvalue weighted by Crippen LogP contribution is -2.38. The second kappa shape index (κ2) is 7.40. The number of nitrogens with zero attached hydrogens (tertiary/aromatic N) is 2. The molecule has 0 aliphatic carbocycles. The molecule has 1 amide bonds. The molecular formula is C16H19N3O3. The van der Waals surface area contributed by atoms with Gasteiger partial charge in [-0.1, -0.05) is 12.1 Å². The van der Waals surface area contributed by atoms with Gasteiger partial charge in [0.1, 0.15) is 5.75 Å². The molecule has 0 bridgehead atoms. The maximum atomic E-state index is 11.8. The van der Waals surface area contributed by atoms with E-state index >= 15 is 0 Å². The number of benzene rings is 1. The molecule has 0 aliphatic rings. The Morgan fingerprint density at radius 3 is 2.86 bits per heavy atom. The summed E-state index contributed by atoms with van der Waals surface area (Å²) in [5, 5.41) is 6.92. The van der Waals surface area contributed by atoms with Crippen molar-refractivity contribution in [3.63, 3.8) is 0 Å². The number of hydrogen-bond acceptors (Lipinski definition) is 4. The molecule has 0 aliphatic heterocycles. The summed E-state index contributed by atoms with van der Waals surface area (Å²) in [6.45, 7) is 3.89. The Balaban J connectivity index is 1.80. The molecule has 1 atom stereocenters. The molecule has 1 heterocycles. The van der Waals surface area contributed by atoms with Gasteiger partial charge < -0.3 is 10.1 Å². The number of carbonyl (C=O) groups excluding carboxylic acids is 2. The first-order chi connectivity index (χ1) is 10.5. The predicted molar refractivity (Wildman–Crippen MR) is 81.8 cm³/mol. The molecule has 1 aromatic heterocycles. The molecule has 1 N–H and O–H groups in total. The SMILES string of the molecule is CC(=O)c1cccc(OCC(=O)N[C@@H](C)Cn2cccn2)c1. The zero-order valence-corrected chi connectivity index (χ0v) is 12.7. The van der Waals surface area contributed by atoms with Gasteiger partial charge in [0.05, 0.1) is 6.54 Å². The van der Waals surface area contributed by atoms with Crippen LogP contribution in [0.1, 0.15) is 24.2 Å². The van der Waals surface area contributed by atoms with Crippen LogP contribution >= 0.6 is 0 Å². The van der Waals surface area contributed by atoms with Gasteiger partial charge in [-0.3, -0.25) is 14.3 Å². The molecule has 6 heteroatoms. The van der Waals surface area contributed by atoms with Crippen LogP contribution in [-0.4, -0.2) is 34.1 Å². The second-order valence-electron chi connectivity index (χ2n) is 5.07. The van der Waals surface area contributed by atoms with Gasteiger partial charge >= 0.3 is 0 Å². The van der Waals surface area contributed by atoms with Gasteiger partial charge in [0.25, 0.3) is 5.91 Å². The summed E-state index contributed by atoms with van der Waals surface area (Å²) < 4.78 is 7.16. The molecule has 0 saturated heterocycles. The van der Waals surface area contributed by atoms with E-state index < -0.39 is 0 Å². The average Bonchev–Trinajstić information content (AvgIpc) is 2.98. The second-order valence-corrected chi connectivity index (χ2v) is 5.07. The summed E-state index contributed by atoms with van der Waals surface area (Å²) in [7, 11) is 0. The Morgan fingerprint density at radius 1 is 1.36 bits per heavy atom. The minimum Gasteiger partial charge on any atom is -0.484 e. The highest BCUT2D eigenvalue weighted by atomic mass is 16.5. The average molecular weight is 301 g/mol. The highest BCUT2D eigenvalue weighted by molar-refractivity contribution is 5.94. The maximum absolute atomic E-state index is 11.8. The molecule has 0 spiro atoms. The predicted octanol–water partition coefficient (Wildman–Crippen LogP) is 1.67. The van der Waals surface area contributed by atoms with Gasteiger partial charge in [0, 0.05) is 24.0 Å². The first kappa shape index (κ1) is 15.8. The minimum atomic E-state index is -0.215. The summed E-state index contributed by atoms with van der Waals surface area (Å²) >= 11 is 0. The molecular weight excluding hydrogens is 282 g/mol. The Kier molecular flexibility index (Phi) is 5.30. The molecule has 0 saturated carbocycles. The van der Waals surface area contributed by atoms with Crippen molar-refractivity contribution < 1.29 is 14.3 Å². The van der Waals surface area contributed by atoms with E-state index in [4.69, 9.17) is 4.74 Å². The molecule has 2 rings (SSSR count). The summed E-state index contributed by atoms with van der Waals surface area (Å²) in [6, 6.07) is 8.56. The zero-order valence-electron chi connectivity index (χ0n) is 12.7. The summed E-state index contributed by atoms with van der Waals surface area (Å²) in [5.74, 6) is 0.248. The topological polar surface area (TPSA) is 73.2 Å². The number of carbonyl (C=O) groups is 2. The molecule has 116 valence electrons. The Morgan fingerprint density at radius 2 is 2.18 bits per heavy atom.